The van der Waals surface area contributed by atoms with Crippen molar-refractivity contribution in [2.24, 2.45) is 0 Å². The first-order chi connectivity index (χ1) is 11.7. The molecule has 0 aliphatic carbocycles. The Kier molecular flexibility index (Phi) is 5.69. The zero-order chi connectivity index (χ0) is 18.6. The quantitative estimate of drug-likeness (QED) is 0.798. The molecule has 0 bridgehead atoms. The summed E-state index contributed by atoms with van der Waals surface area (Å²) in [5.74, 6) is -0.0805. The molecule has 0 saturated carbocycles. The van der Waals surface area contributed by atoms with E-state index in [-0.39, 0.29) is 11.5 Å². The average Bonchev–Trinajstić information content (AvgIpc) is 2.56. The normalized spacial score (nSPS) is 11.0. The zero-order valence-corrected chi connectivity index (χ0v) is 15.4. The molecular formula is C18H21NO5S. The number of sulfonamides is 1. The second kappa shape index (κ2) is 7.57. The Hall–Kier alpha value is -2.54. The molecule has 0 unspecified atom stereocenters. The largest absolute Gasteiger partial charge is 0.482 e. The van der Waals surface area contributed by atoms with Crippen LogP contribution in [0.15, 0.2) is 41.3 Å². The Morgan fingerprint density at radius 1 is 1.00 bits per heavy atom. The predicted octanol–water partition coefficient (Wildman–Crippen LogP) is 2.96. The van der Waals surface area contributed by atoms with E-state index in [2.05, 4.69) is 9.46 Å². The van der Waals surface area contributed by atoms with Crippen LogP contribution < -0.4 is 9.46 Å². The second-order valence-electron chi connectivity index (χ2n) is 5.70. The van der Waals surface area contributed by atoms with Crippen LogP contribution in [0.3, 0.4) is 0 Å². The van der Waals surface area contributed by atoms with Gasteiger partial charge in [0.05, 0.1) is 12.0 Å². The first-order valence-corrected chi connectivity index (χ1v) is 9.11. The van der Waals surface area contributed by atoms with Gasteiger partial charge in [0.25, 0.3) is 10.0 Å². The Morgan fingerprint density at radius 2 is 1.72 bits per heavy atom. The number of benzene rings is 2. The summed E-state index contributed by atoms with van der Waals surface area (Å²) in [6, 6.07) is 9.82. The van der Waals surface area contributed by atoms with E-state index in [4.69, 9.17) is 4.74 Å². The summed E-state index contributed by atoms with van der Waals surface area (Å²) in [5, 5.41) is 0. The van der Waals surface area contributed by atoms with Gasteiger partial charge >= 0.3 is 5.97 Å². The van der Waals surface area contributed by atoms with Crippen molar-refractivity contribution in [3.8, 4) is 5.75 Å². The van der Waals surface area contributed by atoms with Gasteiger partial charge in [-0.05, 0) is 67.8 Å². The maximum Gasteiger partial charge on any atom is 0.343 e. The van der Waals surface area contributed by atoms with Gasteiger partial charge in [-0.15, -0.1) is 0 Å². The molecule has 2 aromatic carbocycles. The van der Waals surface area contributed by atoms with E-state index in [1.54, 1.807) is 19.1 Å². The van der Waals surface area contributed by atoms with Gasteiger partial charge in [0.15, 0.2) is 6.61 Å². The number of hydrogen-bond donors (Lipinski definition) is 1. The summed E-state index contributed by atoms with van der Waals surface area (Å²) in [6.07, 6.45) is 0. The van der Waals surface area contributed by atoms with Crippen molar-refractivity contribution in [2.45, 2.75) is 25.7 Å². The third kappa shape index (κ3) is 4.73. The van der Waals surface area contributed by atoms with Crippen LogP contribution in [0.2, 0.25) is 0 Å². The maximum absolute atomic E-state index is 12.5. The molecule has 2 aromatic rings. The van der Waals surface area contributed by atoms with Gasteiger partial charge in [-0.3, -0.25) is 4.72 Å². The lowest BCUT2D eigenvalue weighted by molar-refractivity contribution is -0.142. The molecule has 0 fully saturated rings. The SMILES string of the molecule is COC(=O)COc1ccc(S(=O)(=O)Nc2ccc(C)c(C)c2)cc1C. The third-order valence-corrected chi connectivity index (χ3v) is 5.17. The van der Waals surface area contributed by atoms with Gasteiger partial charge in [0.2, 0.25) is 0 Å². The van der Waals surface area contributed by atoms with Gasteiger partial charge in [0.1, 0.15) is 5.75 Å². The highest BCUT2D eigenvalue weighted by atomic mass is 32.2. The minimum Gasteiger partial charge on any atom is -0.482 e. The molecule has 6 nitrogen and oxygen atoms in total. The summed E-state index contributed by atoms with van der Waals surface area (Å²) < 4.78 is 37.5. The lowest BCUT2D eigenvalue weighted by Crippen LogP contribution is -2.15. The van der Waals surface area contributed by atoms with E-state index in [1.807, 2.05) is 19.9 Å². The number of anilines is 1. The van der Waals surface area contributed by atoms with Crippen LogP contribution >= 0.6 is 0 Å². The van der Waals surface area contributed by atoms with Crippen LogP contribution in [0.4, 0.5) is 5.69 Å². The highest BCUT2D eigenvalue weighted by molar-refractivity contribution is 7.92. The van der Waals surface area contributed by atoms with Crippen LogP contribution in [0.1, 0.15) is 16.7 Å². The van der Waals surface area contributed by atoms with Crippen LogP contribution in [0.5, 0.6) is 5.75 Å². The number of nitrogens with one attached hydrogen (secondary N) is 1. The number of hydrogen-bond acceptors (Lipinski definition) is 5. The van der Waals surface area contributed by atoms with Gasteiger partial charge in [-0.2, -0.15) is 0 Å². The maximum atomic E-state index is 12.5. The second-order valence-corrected chi connectivity index (χ2v) is 7.38. The molecule has 0 aromatic heterocycles. The van der Waals surface area contributed by atoms with E-state index in [0.717, 1.165) is 11.1 Å². The monoisotopic (exact) mass is 363 g/mol. The molecule has 7 heteroatoms. The number of rotatable bonds is 6. The number of ether oxygens (including phenoxy) is 2. The first-order valence-electron chi connectivity index (χ1n) is 7.63. The molecular weight excluding hydrogens is 342 g/mol. The fourth-order valence-electron chi connectivity index (χ4n) is 2.17. The van der Waals surface area contributed by atoms with E-state index >= 15 is 0 Å². The molecule has 0 amide bonds. The number of methoxy groups -OCH3 is 1. The molecule has 0 radical (unpaired) electrons. The van der Waals surface area contributed by atoms with Gasteiger partial charge in [-0.25, -0.2) is 13.2 Å². The van der Waals surface area contributed by atoms with Crippen molar-refractivity contribution < 1.29 is 22.7 Å². The minimum absolute atomic E-state index is 0.119. The molecule has 134 valence electrons. The molecule has 2 rings (SSSR count). The molecule has 25 heavy (non-hydrogen) atoms. The molecule has 1 N–H and O–H groups in total. The third-order valence-electron chi connectivity index (χ3n) is 3.79. The van der Waals surface area contributed by atoms with Crippen LogP contribution in [0.25, 0.3) is 0 Å². The molecule has 0 heterocycles. The zero-order valence-electron chi connectivity index (χ0n) is 14.6. The minimum atomic E-state index is -3.72. The topological polar surface area (TPSA) is 81.7 Å². The lowest BCUT2D eigenvalue weighted by Gasteiger charge is -2.12. The molecule has 0 saturated heterocycles. The lowest BCUT2D eigenvalue weighted by atomic mass is 10.1. The Labute approximate surface area is 147 Å². The van der Waals surface area contributed by atoms with E-state index in [9.17, 15) is 13.2 Å². The molecule has 0 aliphatic heterocycles. The number of carbonyl (C=O) groups is 1. The molecule has 0 aliphatic rings. The molecule has 0 atom stereocenters. The van der Waals surface area contributed by atoms with Crippen LogP contribution in [-0.2, 0) is 19.6 Å². The van der Waals surface area contributed by atoms with Crippen molar-refractivity contribution in [3.63, 3.8) is 0 Å². The highest BCUT2D eigenvalue weighted by Gasteiger charge is 2.16. The van der Waals surface area contributed by atoms with Crippen LogP contribution in [0, 0.1) is 20.8 Å². The fourth-order valence-corrected chi connectivity index (χ4v) is 3.30. The van der Waals surface area contributed by atoms with E-state index in [0.29, 0.717) is 17.0 Å². The summed E-state index contributed by atoms with van der Waals surface area (Å²) in [4.78, 5) is 11.2. The molecule has 0 spiro atoms. The Bertz CT molecular complexity index is 890. The number of aryl methyl sites for hydroxylation is 3. The first kappa shape index (κ1) is 18.8. The van der Waals surface area contributed by atoms with E-state index < -0.39 is 16.0 Å². The summed E-state index contributed by atoms with van der Waals surface area (Å²) in [5.41, 5.74) is 3.20. The van der Waals surface area contributed by atoms with Crippen molar-refractivity contribution in [1.82, 2.24) is 0 Å². The summed E-state index contributed by atoms with van der Waals surface area (Å²) in [6.45, 7) is 5.36. The summed E-state index contributed by atoms with van der Waals surface area (Å²) >= 11 is 0. The fraction of sp³-hybridized carbons (Fsp3) is 0.278. The van der Waals surface area contributed by atoms with E-state index in [1.165, 1.54) is 25.3 Å². The summed E-state index contributed by atoms with van der Waals surface area (Å²) in [7, 11) is -2.44. The Morgan fingerprint density at radius 3 is 2.32 bits per heavy atom. The van der Waals surface area contributed by atoms with Crippen molar-refractivity contribution in [2.75, 3.05) is 18.4 Å². The van der Waals surface area contributed by atoms with Crippen molar-refractivity contribution in [1.29, 1.82) is 0 Å². The number of carbonyl (C=O) groups excluding carboxylic acids is 1. The predicted molar refractivity (Wildman–Crippen MR) is 95.4 cm³/mol. The standard InChI is InChI=1S/C18H21NO5S/c1-12-5-6-15(9-13(12)2)19-25(21,22)16-7-8-17(14(3)10-16)24-11-18(20)23-4/h5-10,19H,11H2,1-4H3. The van der Waals surface area contributed by atoms with Gasteiger partial charge in [-0.1, -0.05) is 6.07 Å². The van der Waals surface area contributed by atoms with Crippen molar-refractivity contribution >= 4 is 21.7 Å². The number of esters is 1. The van der Waals surface area contributed by atoms with Crippen molar-refractivity contribution in [3.05, 3.63) is 53.1 Å². The highest BCUT2D eigenvalue weighted by Crippen LogP contribution is 2.24. The van der Waals surface area contributed by atoms with Crippen LogP contribution in [-0.4, -0.2) is 28.1 Å². The van der Waals surface area contributed by atoms with Gasteiger partial charge in [0, 0.05) is 5.69 Å². The smallest absolute Gasteiger partial charge is 0.343 e. The Balaban J connectivity index is 2.20. The average molecular weight is 363 g/mol. The van der Waals surface area contributed by atoms with Gasteiger partial charge < -0.3 is 9.47 Å².